The molecule has 1 aliphatic heterocycles. The molecule has 1 aliphatic rings. The van der Waals surface area contributed by atoms with Crippen LogP contribution in [0.4, 0.5) is 11.5 Å². The van der Waals surface area contributed by atoms with Crippen LogP contribution in [-0.4, -0.2) is 26.0 Å². The molecule has 1 aromatic heterocycles. The van der Waals surface area contributed by atoms with Crippen LogP contribution in [0.5, 0.6) is 0 Å². The molecule has 0 saturated heterocycles. The Morgan fingerprint density at radius 3 is 2.60 bits per heavy atom. The lowest BCUT2D eigenvalue weighted by molar-refractivity contribution is 0.597. The smallest absolute Gasteiger partial charge is 0.283 e. The Kier molecular flexibility index (Phi) is 3.23. The van der Waals surface area contributed by atoms with Crippen molar-refractivity contribution >= 4 is 39.6 Å². The second-order valence-corrected chi connectivity index (χ2v) is 6.57. The minimum absolute atomic E-state index is 0.122. The van der Waals surface area contributed by atoms with Gasteiger partial charge in [0.15, 0.2) is 5.82 Å². The fraction of sp³-hybridized carbons (Fsp3) is 0.0769. The van der Waals surface area contributed by atoms with E-state index in [1.807, 2.05) is 30.5 Å². The minimum Gasteiger partial charge on any atom is -0.283 e. The van der Waals surface area contributed by atoms with Crippen molar-refractivity contribution in [1.82, 2.24) is 4.98 Å². The molecule has 0 aliphatic carbocycles. The molecule has 0 unspecified atom stereocenters. The molecule has 2 aromatic rings. The van der Waals surface area contributed by atoms with Crippen molar-refractivity contribution in [3.8, 4) is 0 Å². The Morgan fingerprint density at radius 1 is 1.15 bits per heavy atom. The van der Waals surface area contributed by atoms with Crippen LogP contribution in [0.15, 0.2) is 56.8 Å². The zero-order valence-electron chi connectivity index (χ0n) is 10.6. The maximum Gasteiger partial charge on any atom is 0.287 e. The first-order valence-electron chi connectivity index (χ1n) is 5.80. The number of benzene rings is 1. The quantitative estimate of drug-likeness (QED) is 0.798. The largest absolute Gasteiger partial charge is 0.287 e. The Hall–Kier alpha value is -1.86. The van der Waals surface area contributed by atoms with Gasteiger partial charge in [-0.05, 0) is 42.7 Å². The van der Waals surface area contributed by atoms with Crippen LogP contribution in [0.25, 0.3) is 0 Å². The lowest BCUT2D eigenvalue weighted by Crippen LogP contribution is -2.23. The molecule has 5 nitrogen and oxygen atoms in total. The van der Waals surface area contributed by atoms with Gasteiger partial charge in [-0.15, -0.1) is 16.2 Å². The summed E-state index contributed by atoms with van der Waals surface area (Å²) in [4.78, 5) is 7.09. The number of nitrogens with zero attached hydrogens (tertiary/aromatic N) is 3. The highest BCUT2D eigenvalue weighted by molar-refractivity contribution is 7.98. The van der Waals surface area contributed by atoms with Gasteiger partial charge in [0, 0.05) is 16.8 Å². The van der Waals surface area contributed by atoms with Crippen LogP contribution in [0, 0.1) is 0 Å². The predicted octanol–water partition coefficient (Wildman–Crippen LogP) is 2.67. The monoisotopic (exact) mass is 305 g/mol. The molecule has 102 valence electrons. The van der Waals surface area contributed by atoms with Crippen molar-refractivity contribution < 1.29 is 8.42 Å². The van der Waals surface area contributed by atoms with Gasteiger partial charge in [-0.2, -0.15) is 8.42 Å². The summed E-state index contributed by atoms with van der Waals surface area (Å²) >= 11 is 1.65. The van der Waals surface area contributed by atoms with E-state index >= 15 is 0 Å². The number of pyridine rings is 1. The maximum atomic E-state index is 11.9. The fourth-order valence-corrected chi connectivity index (χ4v) is 3.29. The molecule has 7 heteroatoms. The van der Waals surface area contributed by atoms with Crippen LogP contribution in [0.2, 0.25) is 0 Å². The van der Waals surface area contributed by atoms with Crippen LogP contribution < -0.4 is 4.90 Å². The number of thioether (sulfide) groups is 1. The van der Waals surface area contributed by atoms with Crippen molar-refractivity contribution in [1.29, 1.82) is 0 Å². The zero-order chi connectivity index (χ0) is 14.2. The molecule has 0 N–H and O–H groups in total. The molecule has 0 atom stereocenters. The topological polar surface area (TPSA) is 62.6 Å². The second-order valence-electron chi connectivity index (χ2n) is 4.09. The van der Waals surface area contributed by atoms with Crippen molar-refractivity contribution in [2.45, 2.75) is 9.79 Å². The first kappa shape index (κ1) is 13.1. The average molecular weight is 305 g/mol. The lowest BCUT2D eigenvalue weighted by atomic mass is 10.3. The molecule has 0 saturated carbocycles. The van der Waals surface area contributed by atoms with Gasteiger partial charge in [0.25, 0.3) is 10.0 Å². The van der Waals surface area contributed by atoms with Crippen LogP contribution >= 0.6 is 11.8 Å². The summed E-state index contributed by atoms with van der Waals surface area (Å²) in [6.45, 7) is 0. The van der Waals surface area contributed by atoms with Gasteiger partial charge < -0.3 is 0 Å². The summed E-state index contributed by atoms with van der Waals surface area (Å²) in [5.41, 5.74) is 0.821. The van der Waals surface area contributed by atoms with Gasteiger partial charge in [0.05, 0.1) is 0 Å². The number of aromatic nitrogens is 1. The molecule has 0 spiro atoms. The summed E-state index contributed by atoms with van der Waals surface area (Å²) in [5.74, 6) is 0.374. The number of hydrogen-bond acceptors (Lipinski definition) is 5. The van der Waals surface area contributed by atoms with Crippen molar-refractivity contribution in [2.75, 3.05) is 11.2 Å². The van der Waals surface area contributed by atoms with Gasteiger partial charge in [0.1, 0.15) is 11.2 Å². The third kappa shape index (κ3) is 2.19. The van der Waals surface area contributed by atoms with Crippen molar-refractivity contribution in [3.05, 3.63) is 42.6 Å². The highest BCUT2D eigenvalue weighted by Gasteiger charge is 2.26. The molecule has 20 heavy (non-hydrogen) atoms. The van der Waals surface area contributed by atoms with Crippen molar-refractivity contribution in [2.24, 2.45) is 4.40 Å². The van der Waals surface area contributed by atoms with Crippen molar-refractivity contribution in [3.63, 3.8) is 0 Å². The summed E-state index contributed by atoms with van der Waals surface area (Å²) in [7, 11) is -3.63. The van der Waals surface area contributed by atoms with Crippen LogP contribution in [-0.2, 0) is 10.0 Å². The SMILES string of the molecule is CSc1ccc(N2C=NS(=O)(=O)c3cccnc32)cc1. The third-order valence-corrected chi connectivity index (χ3v) is 4.90. The Morgan fingerprint density at radius 2 is 1.90 bits per heavy atom. The normalized spacial score (nSPS) is 15.9. The van der Waals surface area contributed by atoms with E-state index in [0.717, 1.165) is 10.6 Å². The van der Waals surface area contributed by atoms with Gasteiger partial charge >= 0.3 is 0 Å². The molecule has 0 fully saturated rings. The molecule has 0 radical (unpaired) electrons. The summed E-state index contributed by atoms with van der Waals surface area (Å²) in [6, 6.07) is 10.9. The number of rotatable bonds is 2. The highest BCUT2D eigenvalue weighted by atomic mass is 32.2. The molecular formula is C13H11N3O2S2. The molecule has 0 amide bonds. The molecule has 3 rings (SSSR count). The van der Waals surface area contributed by atoms with E-state index in [-0.39, 0.29) is 4.90 Å². The van der Waals surface area contributed by atoms with E-state index in [4.69, 9.17) is 0 Å². The number of fused-ring (bicyclic) bond motifs is 1. The number of anilines is 2. The van der Waals surface area contributed by atoms with Gasteiger partial charge in [-0.25, -0.2) is 4.98 Å². The Labute approximate surface area is 121 Å². The standard InChI is InChI=1S/C13H11N3O2S2/c1-19-11-6-4-10(5-7-11)16-9-15-20(17,18)12-3-2-8-14-13(12)16/h2-9H,1H3. The van der Waals surface area contributed by atoms with Crippen LogP contribution in [0.3, 0.4) is 0 Å². The molecule has 0 bridgehead atoms. The zero-order valence-corrected chi connectivity index (χ0v) is 12.2. The van der Waals surface area contributed by atoms with E-state index in [1.165, 1.54) is 12.4 Å². The lowest BCUT2D eigenvalue weighted by Gasteiger charge is -2.23. The van der Waals surface area contributed by atoms with E-state index in [2.05, 4.69) is 9.38 Å². The maximum absolute atomic E-state index is 11.9. The van der Waals surface area contributed by atoms with Gasteiger partial charge in [-0.3, -0.25) is 4.90 Å². The summed E-state index contributed by atoms with van der Waals surface area (Å²) < 4.78 is 27.4. The Bertz CT molecular complexity index is 770. The summed E-state index contributed by atoms with van der Waals surface area (Å²) in [5, 5.41) is 0. The average Bonchev–Trinajstić information content (AvgIpc) is 2.48. The third-order valence-electron chi connectivity index (χ3n) is 2.91. The molecule has 2 heterocycles. The van der Waals surface area contributed by atoms with Crippen LogP contribution in [0.1, 0.15) is 0 Å². The van der Waals surface area contributed by atoms with Gasteiger partial charge in [0.2, 0.25) is 0 Å². The van der Waals surface area contributed by atoms with Gasteiger partial charge in [-0.1, -0.05) is 0 Å². The predicted molar refractivity (Wildman–Crippen MR) is 80.3 cm³/mol. The highest BCUT2D eigenvalue weighted by Crippen LogP contribution is 2.33. The molecule has 1 aromatic carbocycles. The first-order chi connectivity index (χ1) is 9.62. The summed E-state index contributed by atoms with van der Waals surface area (Å²) in [6.07, 6.45) is 4.86. The van der Waals surface area contributed by atoms with E-state index in [9.17, 15) is 8.42 Å². The second kappa shape index (κ2) is 4.92. The Balaban J connectivity index is 2.11. The number of sulfonamides is 1. The minimum atomic E-state index is -3.63. The van der Waals surface area contributed by atoms with E-state index in [0.29, 0.717) is 5.82 Å². The van der Waals surface area contributed by atoms with E-state index < -0.39 is 10.0 Å². The fourth-order valence-electron chi connectivity index (χ4n) is 1.92. The first-order valence-corrected chi connectivity index (χ1v) is 8.47. The number of hydrogen-bond donors (Lipinski definition) is 0. The molecular weight excluding hydrogens is 294 g/mol. The van der Waals surface area contributed by atoms with E-state index in [1.54, 1.807) is 28.9 Å².